The summed E-state index contributed by atoms with van der Waals surface area (Å²) in [6.45, 7) is 3.62. The maximum absolute atomic E-state index is 10.1. The van der Waals surface area contributed by atoms with Crippen molar-refractivity contribution in [2.24, 2.45) is 0 Å². The second-order valence-corrected chi connectivity index (χ2v) is 5.39. The Balaban J connectivity index is 2.26. The zero-order chi connectivity index (χ0) is 16.7. The Kier molecular flexibility index (Phi) is 6.00. The van der Waals surface area contributed by atoms with Gasteiger partial charge in [0.05, 0.1) is 19.9 Å². The van der Waals surface area contributed by atoms with Crippen molar-refractivity contribution in [1.29, 1.82) is 0 Å². The Morgan fingerprint density at radius 1 is 1.04 bits per heavy atom. The van der Waals surface area contributed by atoms with E-state index in [4.69, 9.17) is 9.47 Å². The molecular weight excluding hydrogens is 310 g/mol. The number of hydrogen-bond donors (Lipinski definition) is 2. The predicted molar refractivity (Wildman–Crippen MR) is 98.0 cm³/mol. The second kappa shape index (κ2) is 8.19. The van der Waals surface area contributed by atoms with Gasteiger partial charge in [0.25, 0.3) is 0 Å². The van der Waals surface area contributed by atoms with Gasteiger partial charge in [-0.1, -0.05) is 30.9 Å². The minimum absolute atomic E-state index is 0.0726. The Bertz CT molecular complexity index is 696. The monoisotopic (exact) mass is 329 g/mol. The van der Waals surface area contributed by atoms with E-state index >= 15 is 0 Å². The normalized spacial score (nSPS) is 10.5. The molecule has 120 valence electrons. The fourth-order valence-electron chi connectivity index (χ4n) is 1.97. The molecule has 23 heavy (non-hydrogen) atoms. The van der Waals surface area contributed by atoms with Crippen LogP contribution in [0.1, 0.15) is 11.1 Å². The van der Waals surface area contributed by atoms with Crippen LogP contribution in [0.4, 0.5) is 5.69 Å². The lowest BCUT2D eigenvalue weighted by molar-refractivity contribution is 0.375. The van der Waals surface area contributed by atoms with E-state index in [9.17, 15) is 5.11 Å². The van der Waals surface area contributed by atoms with E-state index in [1.165, 1.54) is 19.1 Å². The van der Waals surface area contributed by atoms with E-state index in [1.807, 2.05) is 42.5 Å². The summed E-state index contributed by atoms with van der Waals surface area (Å²) in [4.78, 5) is 0. The van der Waals surface area contributed by atoms with Crippen LogP contribution in [-0.4, -0.2) is 19.3 Å². The second-order valence-electron chi connectivity index (χ2n) is 4.61. The fourth-order valence-corrected chi connectivity index (χ4v) is 2.34. The largest absolute Gasteiger partial charge is 0.503 e. The molecule has 0 aliphatic heterocycles. The van der Waals surface area contributed by atoms with Crippen molar-refractivity contribution in [2.75, 3.05) is 18.9 Å². The molecule has 2 aromatic carbocycles. The number of phenolic OH excluding ortho intramolecular Hbond substituents is 1. The number of rotatable bonds is 7. The number of methoxy groups -OCH3 is 2. The standard InChI is InChI=1S/C18H19NO3S/c1-4-23-19-16-11-14(12-17(22-3)18(16)20)6-5-13-7-9-15(21-2)10-8-13/h4-12,19-20H,1H2,2-3H3/b6-5+. The van der Waals surface area contributed by atoms with Crippen molar-refractivity contribution in [2.45, 2.75) is 0 Å². The summed E-state index contributed by atoms with van der Waals surface area (Å²) >= 11 is 1.28. The third kappa shape index (κ3) is 4.47. The van der Waals surface area contributed by atoms with Gasteiger partial charge in [-0.25, -0.2) is 0 Å². The van der Waals surface area contributed by atoms with E-state index in [-0.39, 0.29) is 5.75 Å². The zero-order valence-corrected chi connectivity index (χ0v) is 13.9. The van der Waals surface area contributed by atoms with Crippen molar-refractivity contribution >= 4 is 29.8 Å². The van der Waals surface area contributed by atoms with Gasteiger partial charge in [0, 0.05) is 0 Å². The summed E-state index contributed by atoms with van der Waals surface area (Å²) in [6, 6.07) is 11.4. The first-order valence-electron chi connectivity index (χ1n) is 6.93. The predicted octanol–water partition coefficient (Wildman–Crippen LogP) is 4.78. The van der Waals surface area contributed by atoms with E-state index in [0.29, 0.717) is 11.4 Å². The van der Waals surface area contributed by atoms with E-state index in [0.717, 1.165) is 16.9 Å². The van der Waals surface area contributed by atoms with Crippen molar-refractivity contribution < 1.29 is 14.6 Å². The molecule has 0 spiro atoms. The number of nitrogens with one attached hydrogen (secondary N) is 1. The number of ether oxygens (including phenoxy) is 2. The highest BCUT2D eigenvalue weighted by Crippen LogP contribution is 2.37. The molecule has 0 atom stereocenters. The highest BCUT2D eigenvalue weighted by Gasteiger charge is 2.09. The van der Waals surface area contributed by atoms with E-state index < -0.39 is 0 Å². The zero-order valence-electron chi connectivity index (χ0n) is 13.1. The van der Waals surface area contributed by atoms with Crippen LogP contribution in [0.15, 0.2) is 48.4 Å². The number of phenols is 1. The minimum Gasteiger partial charge on any atom is -0.503 e. The van der Waals surface area contributed by atoms with Gasteiger partial charge in [-0.3, -0.25) is 0 Å². The fraction of sp³-hybridized carbons (Fsp3) is 0.111. The average molecular weight is 329 g/mol. The average Bonchev–Trinajstić information content (AvgIpc) is 2.60. The lowest BCUT2D eigenvalue weighted by Crippen LogP contribution is -1.91. The smallest absolute Gasteiger partial charge is 0.182 e. The van der Waals surface area contributed by atoms with Crippen LogP contribution in [0.5, 0.6) is 17.2 Å². The van der Waals surface area contributed by atoms with Gasteiger partial charge in [0.2, 0.25) is 0 Å². The van der Waals surface area contributed by atoms with Gasteiger partial charge in [-0.2, -0.15) is 0 Å². The van der Waals surface area contributed by atoms with Gasteiger partial charge in [0.1, 0.15) is 5.75 Å². The quantitative estimate of drug-likeness (QED) is 0.435. The van der Waals surface area contributed by atoms with Gasteiger partial charge >= 0.3 is 0 Å². The number of benzene rings is 2. The summed E-state index contributed by atoms with van der Waals surface area (Å²) < 4.78 is 13.4. The third-order valence-corrected chi connectivity index (χ3v) is 3.66. The topological polar surface area (TPSA) is 50.7 Å². The lowest BCUT2D eigenvalue weighted by Gasteiger charge is -2.11. The van der Waals surface area contributed by atoms with Crippen molar-refractivity contribution in [3.8, 4) is 17.2 Å². The van der Waals surface area contributed by atoms with Crippen LogP contribution in [0.3, 0.4) is 0 Å². The van der Waals surface area contributed by atoms with Crippen molar-refractivity contribution in [3.63, 3.8) is 0 Å². The Morgan fingerprint density at radius 2 is 1.74 bits per heavy atom. The molecule has 0 aliphatic carbocycles. The SMILES string of the molecule is C=CSNc1cc(/C=C/c2ccc(OC)cc2)cc(OC)c1O. The number of anilines is 1. The van der Waals surface area contributed by atoms with Gasteiger partial charge in [-0.05, 0) is 52.7 Å². The lowest BCUT2D eigenvalue weighted by atomic mass is 10.1. The van der Waals surface area contributed by atoms with Crippen LogP contribution < -0.4 is 14.2 Å². The van der Waals surface area contributed by atoms with E-state index in [2.05, 4.69) is 11.3 Å². The Morgan fingerprint density at radius 3 is 2.35 bits per heavy atom. The molecule has 2 N–H and O–H groups in total. The van der Waals surface area contributed by atoms with Crippen LogP contribution in [0.2, 0.25) is 0 Å². The molecule has 0 radical (unpaired) electrons. The summed E-state index contributed by atoms with van der Waals surface area (Å²) in [5, 5.41) is 11.8. The molecule has 4 nitrogen and oxygen atoms in total. The number of aromatic hydroxyl groups is 1. The summed E-state index contributed by atoms with van der Waals surface area (Å²) in [6.07, 6.45) is 3.93. The Labute approximate surface area is 140 Å². The maximum Gasteiger partial charge on any atom is 0.182 e. The highest BCUT2D eigenvalue weighted by atomic mass is 32.2. The van der Waals surface area contributed by atoms with Crippen LogP contribution in [0.25, 0.3) is 12.2 Å². The first-order valence-corrected chi connectivity index (χ1v) is 7.81. The third-order valence-electron chi connectivity index (χ3n) is 3.15. The molecule has 0 amide bonds. The highest BCUT2D eigenvalue weighted by molar-refractivity contribution is 8.03. The van der Waals surface area contributed by atoms with Crippen molar-refractivity contribution in [1.82, 2.24) is 0 Å². The first kappa shape index (κ1) is 16.8. The van der Waals surface area contributed by atoms with Crippen LogP contribution in [0, 0.1) is 0 Å². The molecule has 0 unspecified atom stereocenters. The minimum atomic E-state index is 0.0726. The van der Waals surface area contributed by atoms with Gasteiger partial charge < -0.3 is 19.3 Å². The van der Waals surface area contributed by atoms with E-state index in [1.54, 1.807) is 18.6 Å². The van der Waals surface area contributed by atoms with Gasteiger partial charge in [-0.15, -0.1) is 0 Å². The molecule has 2 rings (SSSR count). The molecular formula is C18H19NO3S. The molecule has 5 heteroatoms. The molecule has 0 saturated carbocycles. The molecule has 0 aliphatic rings. The summed E-state index contributed by atoms with van der Waals surface area (Å²) in [5.74, 6) is 1.30. The summed E-state index contributed by atoms with van der Waals surface area (Å²) in [5.41, 5.74) is 2.53. The number of hydrogen-bond acceptors (Lipinski definition) is 5. The molecule has 0 fully saturated rings. The molecule has 0 saturated heterocycles. The molecule has 0 heterocycles. The van der Waals surface area contributed by atoms with Crippen LogP contribution >= 0.6 is 11.9 Å². The van der Waals surface area contributed by atoms with Crippen LogP contribution in [-0.2, 0) is 0 Å². The summed E-state index contributed by atoms with van der Waals surface area (Å²) in [7, 11) is 3.17. The molecule has 0 bridgehead atoms. The first-order chi connectivity index (χ1) is 11.2. The maximum atomic E-state index is 10.1. The van der Waals surface area contributed by atoms with Gasteiger partial charge in [0.15, 0.2) is 11.5 Å². The molecule has 0 aromatic heterocycles. The molecule has 2 aromatic rings. The van der Waals surface area contributed by atoms with Crippen molar-refractivity contribution in [3.05, 3.63) is 59.5 Å². The Hall–Kier alpha value is -2.53.